The predicted octanol–water partition coefficient (Wildman–Crippen LogP) is 2.79. The summed E-state index contributed by atoms with van der Waals surface area (Å²) in [6.45, 7) is 6.71. The fraction of sp³-hybridized carbons (Fsp3) is 0.261. The van der Waals surface area contributed by atoms with Gasteiger partial charge in [-0.1, -0.05) is 29.5 Å². The van der Waals surface area contributed by atoms with Crippen molar-refractivity contribution in [1.29, 1.82) is 0 Å². The van der Waals surface area contributed by atoms with Crippen LogP contribution in [0.4, 0.5) is 5.82 Å². The molecule has 3 heterocycles. The van der Waals surface area contributed by atoms with Crippen molar-refractivity contribution in [2.45, 2.75) is 13.8 Å². The number of carbonyl (C=O) groups excluding carboxylic acids is 1. The fourth-order valence-corrected chi connectivity index (χ4v) is 3.89. The Labute approximate surface area is 180 Å². The van der Waals surface area contributed by atoms with Gasteiger partial charge in [0.05, 0.1) is 5.69 Å². The highest BCUT2D eigenvalue weighted by Gasteiger charge is 2.25. The van der Waals surface area contributed by atoms with Crippen molar-refractivity contribution < 1.29 is 4.79 Å². The summed E-state index contributed by atoms with van der Waals surface area (Å²) in [4.78, 5) is 25.9. The summed E-state index contributed by atoms with van der Waals surface area (Å²) in [6, 6.07) is 15.7. The third-order valence-electron chi connectivity index (χ3n) is 5.84. The Morgan fingerprint density at radius 2 is 1.68 bits per heavy atom. The van der Waals surface area contributed by atoms with Gasteiger partial charge in [-0.05, 0) is 49.2 Å². The largest absolute Gasteiger partial charge is 0.351 e. The van der Waals surface area contributed by atoms with Crippen LogP contribution in [0.15, 0.2) is 54.9 Å². The van der Waals surface area contributed by atoms with E-state index in [1.165, 1.54) is 5.56 Å². The lowest BCUT2D eigenvalue weighted by Gasteiger charge is -2.35. The number of hydrogen-bond donors (Lipinski definition) is 0. The molecule has 1 fully saturated rings. The molecule has 0 aliphatic carbocycles. The van der Waals surface area contributed by atoms with E-state index in [2.05, 4.69) is 32.1 Å². The van der Waals surface area contributed by atoms with Crippen molar-refractivity contribution in [3.8, 4) is 5.69 Å². The molecular weight excluding hydrogens is 390 g/mol. The quantitative estimate of drug-likeness (QED) is 0.514. The van der Waals surface area contributed by atoms with Crippen molar-refractivity contribution in [3.05, 3.63) is 71.5 Å². The van der Waals surface area contributed by atoms with Gasteiger partial charge < -0.3 is 9.80 Å². The molecule has 31 heavy (non-hydrogen) atoms. The van der Waals surface area contributed by atoms with Gasteiger partial charge in [0.1, 0.15) is 6.33 Å². The standard InChI is InChI=1S/C23H23N7O/c1-16-8-9-18(14-17(16)2)23(31)29-12-10-28(11-13-29)21-20-22(25-15-24-21)30(27-26-20)19-6-4-3-5-7-19/h3-9,14-15H,10-13H2,1-2H3. The van der Waals surface area contributed by atoms with Crippen LogP contribution in [0.3, 0.4) is 0 Å². The maximum atomic E-state index is 12.9. The second kappa shape index (κ2) is 7.79. The summed E-state index contributed by atoms with van der Waals surface area (Å²) in [6.07, 6.45) is 1.55. The zero-order valence-corrected chi connectivity index (χ0v) is 17.6. The molecule has 156 valence electrons. The third kappa shape index (κ3) is 3.50. The summed E-state index contributed by atoms with van der Waals surface area (Å²) in [5, 5.41) is 8.65. The summed E-state index contributed by atoms with van der Waals surface area (Å²) in [5.74, 6) is 0.830. The van der Waals surface area contributed by atoms with Gasteiger partial charge in [0, 0.05) is 31.7 Å². The highest BCUT2D eigenvalue weighted by molar-refractivity contribution is 5.94. The van der Waals surface area contributed by atoms with Crippen molar-refractivity contribution in [2.24, 2.45) is 0 Å². The third-order valence-corrected chi connectivity index (χ3v) is 5.84. The molecule has 1 aliphatic heterocycles. The first kappa shape index (κ1) is 19.2. The molecule has 0 bridgehead atoms. The number of nitrogens with zero attached hydrogens (tertiary/aromatic N) is 7. The van der Waals surface area contributed by atoms with Crippen LogP contribution in [0, 0.1) is 13.8 Å². The van der Waals surface area contributed by atoms with Crippen LogP contribution in [-0.4, -0.2) is 61.9 Å². The molecule has 0 radical (unpaired) electrons. The van der Waals surface area contributed by atoms with E-state index in [4.69, 9.17) is 0 Å². The number of aryl methyl sites for hydroxylation is 2. The van der Waals surface area contributed by atoms with E-state index in [0.29, 0.717) is 37.3 Å². The first-order chi connectivity index (χ1) is 15.1. The highest BCUT2D eigenvalue weighted by atomic mass is 16.2. The average Bonchev–Trinajstić information content (AvgIpc) is 3.25. The maximum absolute atomic E-state index is 12.9. The number of aromatic nitrogens is 5. The lowest BCUT2D eigenvalue weighted by molar-refractivity contribution is 0.0746. The molecule has 0 unspecified atom stereocenters. The van der Waals surface area contributed by atoms with Gasteiger partial charge in [-0.3, -0.25) is 4.79 Å². The SMILES string of the molecule is Cc1ccc(C(=O)N2CCN(c3ncnc4c3nnn4-c3ccccc3)CC2)cc1C. The van der Waals surface area contributed by atoms with Crippen LogP contribution in [0.25, 0.3) is 16.9 Å². The normalized spacial score (nSPS) is 14.3. The second-order valence-corrected chi connectivity index (χ2v) is 7.78. The van der Waals surface area contributed by atoms with Gasteiger partial charge in [0.25, 0.3) is 5.91 Å². The first-order valence-corrected chi connectivity index (χ1v) is 10.3. The number of hydrogen-bond acceptors (Lipinski definition) is 6. The molecule has 0 N–H and O–H groups in total. The number of fused-ring (bicyclic) bond motifs is 1. The van der Waals surface area contributed by atoms with Gasteiger partial charge in [0.2, 0.25) is 0 Å². The minimum Gasteiger partial charge on any atom is -0.351 e. The van der Waals surface area contributed by atoms with Gasteiger partial charge in [-0.2, -0.15) is 4.68 Å². The Hall–Kier alpha value is -3.81. The number of para-hydroxylation sites is 1. The Bertz CT molecular complexity index is 1240. The molecule has 2 aromatic heterocycles. The van der Waals surface area contributed by atoms with Gasteiger partial charge in [0.15, 0.2) is 17.0 Å². The number of carbonyl (C=O) groups is 1. The Morgan fingerprint density at radius 3 is 2.42 bits per heavy atom. The van der Waals surface area contributed by atoms with E-state index >= 15 is 0 Å². The zero-order valence-electron chi connectivity index (χ0n) is 17.6. The average molecular weight is 413 g/mol. The van der Waals surface area contributed by atoms with Crippen molar-refractivity contribution in [3.63, 3.8) is 0 Å². The van der Waals surface area contributed by atoms with Crippen LogP contribution in [-0.2, 0) is 0 Å². The number of benzene rings is 2. The highest BCUT2D eigenvalue weighted by Crippen LogP contribution is 2.24. The van der Waals surface area contributed by atoms with Crippen molar-refractivity contribution >= 4 is 22.9 Å². The molecule has 1 amide bonds. The molecular formula is C23H23N7O. The van der Waals surface area contributed by atoms with E-state index in [1.54, 1.807) is 11.0 Å². The summed E-state index contributed by atoms with van der Waals surface area (Å²) in [5.41, 5.74) is 5.31. The lowest BCUT2D eigenvalue weighted by Crippen LogP contribution is -2.49. The van der Waals surface area contributed by atoms with E-state index in [1.807, 2.05) is 60.4 Å². The topological polar surface area (TPSA) is 80.0 Å². The van der Waals surface area contributed by atoms with Crippen LogP contribution in [0.1, 0.15) is 21.5 Å². The first-order valence-electron chi connectivity index (χ1n) is 10.3. The summed E-state index contributed by atoms with van der Waals surface area (Å²) >= 11 is 0. The minimum absolute atomic E-state index is 0.0746. The van der Waals surface area contributed by atoms with Crippen LogP contribution >= 0.6 is 0 Å². The van der Waals surface area contributed by atoms with E-state index < -0.39 is 0 Å². The Morgan fingerprint density at radius 1 is 0.903 bits per heavy atom. The van der Waals surface area contributed by atoms with Gasteiger partial charge in [-0.25, -0.2) is 9.97 Å². The molecule has 1 saturated heterocycles. The molecule has 1 aliphatic rings. The molecule has 0 saturated carbocycles. The van der Waals surface area contributed by atoms with Gasteiger partial charge >= 0.3 is 0 Å². The molecule has 8 nitrogen and oxygen atoms in total. The fourth-order valence-electron chi connectivity index (χ4n) is 3.89. The molecule has 2 aromatic carbocycles. The van der Waals surface area contributed by atoms with Crippen molar-refractivity contribution in [2.75, 3.05) is 31.1 Å². The molecule has 0 spiro atoms. The number of anilines is 1. The van der Waals surface area contributed by atoms with Crippen LogP contribution in [0.2, 0.25) is 0 Å². The summed E-state index contributed by atoms with van der Waals surface area (Å²) < 4.78 is 1.72. The summed E-state index contributed by atoms with van der Waals surface area (Å²) in [7, 11) is 0. The second-order valence-electron chi connectivity index (χ2n) is 7.78. The Kier molecular flexibility index (Phi) is 4.82. The van der Waals surface area contributed by atoms with E-state index in [0.717, 1.165) is 22.6 Å². The number of piperazine rings is 1. The van der Waals surface area contributed by atoms with Crippen molar-refractivity contribution in [1.82, 2.24) is 29.9 Å². The van der Waals surface area contributed by atoms with Gasteiger partial charge in [-0.15, -0.1) is 5.10 Å². The molecule has 8 heteroatoms. The number of amides is 1. The van der Waals surface area contributed by atoms with E-state index in [9.17, 15) is 4.79 Å². The molecule has 4 aromatic rings. The zero-order chi connectivity index (χ0) is 21.4. The van der Waals surface area contributed by atoms with Crippen LogP contribution in [0.5, 0.6) is 0 Å². The van der Waals surface area contributed by atoms with Crippen LogP contribution < -0.4 is 4.90 Å². The smallest absolute Gasteiger partial charge is 0.253 e. The minimum atomic E-state index is 0.0746. The maximum Gasteiger partial charge on any atom is 0.253 e. The molecule has 5 rings (SSSR count). The molecule has 0 atom stereocenters. The predicted molar refractivity (Wildman–Crippen MR) is 118 cm³/mol. The number of rotatable bonds is 3. The van der Waals surface area contributed by atoms with E-state index in [-0.39, 0.29) is 5.91 Å². The Balaban J connectivity index is 1.35. The monoisotopic (exact) mass is 413 g/mol. The lowest BCUT2D eigenvalue weighted by atomic mass is 10.1.